The fraction of sp³-hybridized carbons (Fsp3) is 0.417. The number of carbonyl (C=O) groups is 1. The Balaban J connectivity index is 1.98. The molecule has 0 radical (unpaired) electrons. The lowest BCUT2D eigenvalue weighted by Crippen LogP contribution is -2.22. The van der Waals surface area contributed by atoms with E-state index < -0.39 is 0 Å². The van der Waals surface area contributed by atoms with Gasteiger partial charge in [0.2, 0.25) is 5.91 Å². The van der Waals surface area contributed by atoms with Crippen LogP contribution in [0.3, 0.4) is 0 Å². The van der Waals surface area contributed by atoms with Gasteiger partial charge in [0.15, 0.2) is 0 Å². The van der Waals surface area contributed by atoms with Crippen LogP contribution in [0.5, 0.6) is 0 Å². The molecule has 1 aromatic carbocycles. The van der Waals surface area contributed by atoms with Crippen molar-refractivity contribution in [1.29, 1.82) is 0 Å². The van der Waals surface area contributed by atoms with Crippen LogP contribution in [0.25, 0.3) is 0 Å². The Hall–Kier alpha value is -1.31. The Morgan fingerprint density at radius 1 is 1.36 bits per heavy atom. The Bertz CT molecular complexity index is 395. The minimum Gasteiger partial charge on any atom is -0.355 e. The first kappa shape index (κ1) is 8.04. The largest absolute Gasteiger partial charge is 0.355 e. The summed E-state index contributed by atoms with van der Waals surface area (Å²) >= 11 is 0. The first-order valence-corrected chi connectivity index (χ1v) is 5.07. The van der Waals surface area contributed by atoms with Crippen molar-refractivity contribution >= 4 is 5.91 Å². The number of nitrogens with one attached hydrogen (secondary N) is 1. The summed E-state index contributed by atoms with van der Waals surface area (Å²) in [5.74, 6) is 0.496. The number of rotatable bonds is 1. The molecule has 72 valence electrons. The average Bonchev–Trinajstić information content (AvgIpc) is 2.84. The molecule has 0 bridgehead atoms. The van der Waals surface area contributed by atoms with Crippen LogP contribution in [-0.2, 0) is 10.2 Å². The summed E-state index contributed by atoms with van der Waals surface area (Å²) in [6.07, 6.45) is 1.04. The molecule has 2 atom stereocenters. The molecule has 1 saturated heterocycles. The summed E-state index contributed by atoms with van der Waals surface area (Å²) in [6, 6.07) is 8.58. The normalized spacial score (nSPS) is 33.8. The van der Waals surface area contributed by atoms with Crippen molar-refractivity contribution in [2.45, 2.75) is 18.8 Å². The predicted molar refractivity (Wildman–Crippen MR) is 54.0 cm³/mol. The van der Waals surface area contributed by atoms with Crippen LogP contribution in [0, 0.1) is 12.8 Å². The topological polar surface area (TPSA) is 29.1 Å². The number of carbonyl (C=O) groups excluding carboxylic acids is 1. The van der Waals surface area contributed by atoms with Gasteiger partial charge in [-0.2, -0.15) is 0 Å². The van der Waals surface area contributed by atoms with Gasteiger partial charge in [0.1, 0.15) is 0 Å². The highest BCUT2D eigenvalue weighted by Gasteiger charge is 2.63. The predicted octanol–water partition coefficient (Wildman–Crippen LogP) is 1.38. The smallest absolute Gasteiger partial charge is 0.224 e. The second-order valence-electron chi connectivity index (χ2n) is 4.50. The Labute approximate surface area is 83.3 Å². The van der Waals surface area contributed by atoms with Gasteiger partial charge in [-0.1, -0.05) is 29.8 Å². The summed E-state index contributed by atoms with van der Waals surface area (Å²) in [5.41, 5.74) is 2.76. The fourth-order valence-corrected chi connectivity index (χ4v) is 2.52. The van der Waals surface area contributed by atoms with E-state index in [4.69, 9.17) is 0 Å². The van der Waals surface area contributed by atoms with Crippen LogP contribution in [0.2, 0.25) is 0 Å². The zero-order valence-electron chi connectivity index (χ0n) is 8.21. The summed E-state index contributed by atoms with van der Waals surface area (Å²) in [7, 11) is 0. The zero-order valence-corrected chi connectivity index (χ0v) is 8.21. The van der Waals surface area contributed by atoms with E-state index in [1.165, 1.54) is 11.1 Å². The number of fused-ring (bicyclic) bond motifs is 1. The average molecular weight is 187 g/mol. The molecule has 14 heavy (non-hydrogen) atoms. The van der Waals surface area contributed by atoms with Crippen LogP contribution in [-0.4, -0.2) is 12.5 Å². The molecule has 0 spiro atoms. The Morgan fingerprint density at radius 3 is 2.57 bits per heavy atom. The third kappa shape index (κ3) is 0.884. The van der Waals surface area contributed by atoms with E-state index in [1.54, 1.807) is 0 Å². The third-order valence-corrected chi connectivity index (χ3v) is 3.60. The van der Waals surface area contributed by atoms with Crippen molar-refractivity contribution in [3.05, 3.63) is 35.4 Å². The minimum atomic E-state index is 0.158. The molecule has 1 aliphatic heterocycles. The molecule has 1 saturated carbocycles. The number of hydrogen-bond donors (Lipinski definition) is 1. The lowest BCUT2D eigenvalue weighted by Gasteiger charge is -2.11. The van der Waals surface area contributed by atoms with E-state index >= 15 is 0 Å². The van der Waals surface area contributed by atoms with Crippen LogP contribution in [0.15, 0.2) is 24.3 Å². The number of benzene rings is 1. The molecule has 1 amide bonds. The van der Waals surface area contributed by atoms with Gasteiger partial charge < -0.3 is 5.32 Å². The molecule has 1 heterocycles. The molecule has 2 heteroatoms. The van der Waals surface area contributed by atoms with E-state index in [-0.39, 0.29) is 17.2 Å². The van der Waals surface area contributed by atoms with Crippen LogP contribution < -0.4 is 5.32 Å². The van der Waals surface area contributed by atoms with Gasteiger partial charge in [-0.15, -0.1) is 0 Å². The molecule has 0 unspecified atom stereocenters. The van der Waals surface area contributed by atoms with Crippen molar-refractivity contribution in [3.63, 3.8) is 0 Å². The lowest BCUT2D eigenvalue weighted by atomic mass is 9.94. The lowest BCUT2D eigenvalue weighted by molar-refractivity contribution is -0.120. The zero-order chi connectivity index (χ0) is 9.76. The summed E-state index contributed by atoms with van der Waals surface area (Å²) in [6.45, 7) is 2.92. The summed E-state index contributed by atoms with van der Waals surface area (Å²) < 4.78 is 0. The molecule has 1 aliphatic carbocycles. The second-order valence-corrected chi connectivity index (χ2v) is 4.50. The van der Waals surface area contributed by atoms with Crippen molar-refractivity contribution in [2.24, 2.45) is 5.92 Å². The third-order valence-electron chi connectivity index (χ3n) is 3.60. The Kier molecular flexibility index (Phi) is 1.37. The SMILES string of the molecule is Cc1ccc([C@]23CNC(=O)[C@H]2C3)cc1. The highest BCUT2D eigenvalue weighted by atomic mass is 16.2. The van der Waals surface area contributed by atoms with Crippen molar-refractivity contribution in [2.75, 3.05) is 6.54 Å². The van der Waals surface area contributed by atoms with Crippen LogP contribution >= 0.6 is 0 Å². The van der Waals surface area contributed by atoms with Crippen molar-refractivity contribution < 1.29 is 4.79 Å². The molecule has 3 rings (SSSR count). The molecule has 2 aliphatic rings. The van der Waals surface area contributed by atoms with Gasteiger partial charge in [-0.3, -0.25) is 4.79 Å². The van der Waals surface area contributed by atoms with Gasteiger partial charge >= 0.3 is 0 Å². The quantitative estimate of drug-likeness (QED) is 0.707. The summed E-state index contributed by atoms with van der Waals surface area (Å²) in [5, 5.41) is 2.93. The maximum atomic E-state index is 11.4. The van der Waals surface area contributed by atoms with Gasteiger partial charge in [0.05, 0.1) is 5.92 Å². The van der Waals surface area contributed by atoms with E-state index in [0.717, 1.165) is 13.0 Å². The molecule has 1 N–H and O–H groups in total. The summed E-state index contributed by atoms with van der Waals surface area (Å²) in [4.78, 5) is 11.4. The number of aryl methyl sites for hydroxylation is 1. The van der Waals surface area contributed by atoms with Crippen LogP contribution in [0.1, 0.15) is 17.5 Å². The van der Waals surface area contributed by atoms with Crippen molar-refractivity contribution in [3.8, 4) is 0 Å². The molecule has 2 fully saturated rings. The Morgan fingerprint density at radius 2 is 2.07 bits per heavy atom. The second kappa shape index (κ2) is 2.38. The maximum Gasteiger partial charge on any atom is 0.224 e. The number of amides is 1. The van der Waals surface area contributed by atoms with Gasteiger partial charge in [-0.25, -0.2) is 0 Å². The standard InChI is InChI=1S/C12H13NO/c1-8-2-4-9(5-3-8)12-6-10(12)11(14)13-7-12/h2-5,10H,6-7H2,1H3,(H,13,14)/t10-,12+/m1/s1. The maximum absolute atomic E-state index is 11.4. The number of piperidine rings is 1. The first-order valence-electron chi connectivity index (χ1n) is 5.07. The first-order chi connectivity index (χ1) is 6.72. The molecular formula is C12H13NO. The van der Waals surface area contributed by atoms with E-state index in [2.05, 4.69) is 36.5 Å². The van der Waals surface area contributed by atoms with E-state index in [9.17, 15) is 4.79 Å². The van der Waals surface area contributed by atoms with Crippen molar-refractivity contribution in [1.82, 2.24) is 5.32 Å². The fourth-order valence-electron chi connectivity index (χ4n) is 2.52. The minimum absolute atomic E-state index is 0.158. The van der Waals surface area contributed by atoms with Gasteiger partial charge in [0, 0.05) is 12.0 Å². The van der Waals surface area contributed by atoms with Gasteiger partial charge in [0.25, 0.3) is 0 Å². The van der Waals surface area contributed by atoms with Crippen LogP contribution in [0.4, 0.5) is 0 Å². The molecule has 2 nitrogen and oxygen atoms in total. The monoisotopic (exact) mass is 187 g/mol. The highest BCUT2D eigenvalue weighted by molar-refractivity contribution is 5.88. The van der Waals surface area contributed by atoms with E-state index in [1.807, 2.05) is 0 Å². The number of hydrogen-bond acceptors (Lipinski definition) is 1. The molecule has 0 aromatic heterocycles. The molecular weight excluding hydrogens is 174 g/mol. The molecule has 1 aromatic rings. The van der Waals surface area contributed by atoms with Gasteiger partial charge in [-0.05, 0) is 18.9 Å². The van der Waals surface area contributed by atoms with E-state index in [0.29, 0.717) is 0 Å². The highest BCUT2D eigenvalue weighted by Crippen LogP contribution is 2.56.